The van der Waals surface area contributed by atoms with Crippen LogP contribution in [0.3, 0.4) is 0 Å². The molecule has 1 atom stereocenters. The largest absolute Gasteiger partial charge is 0.465 e. The average molecular weight is 387 g/mol. The Morgan fingerprint density at radius 2 is 1.93 bits per heavy atom. The number of nitrogens with zero attached hydrogens (tertiary/aromatic N) is 1. The van der Waals surface area contributed by atoms with Crippen LogP contribution in [0.2, 0.25) is 5.02 Å². The van der Waals surface area contributed by atoms with Crippen molar-refractivity contribution in [2.45, 2.75) is 19.4 Å². The number of piperidine rings is 1. The van der Waals surface area contributed by atoms with Crippen molar-refractivity contribution < 1.29 is 14.3 Å². The smallest absolute Gasteiger partial charge is 0.337 e. The minimum absolute atomic E-state index is 0.00433. The highest BCUT2D eigenvalue weighted by molar-refractivity contribution is 6.31. The second-order valence-corrected chi connectivity index (χ2v) is 7.13. The number of carbonyl (C=O) groups excluding carboxylic acids is 2. The Balaban J connectivity index is 1.58. The number of hydrogen-bond acceptors (Lipinski definition) is 4. The van der Waals surface area contributed by atoms with E-state index in [0.29, 0.717) is 17.8 Å². The predicted octanol–water partition coefficient (Wildman–Crippen LogP) is 3.98. The highest BCUT2D eigenvalue weighted by Gasteiger charge is 2.26. The number of nitrogens with one attached hydrogen (secondary N) is 1. The van der Waals surface area contributed by atoms with Gasteiger partial charge in [0.15, 0.2) is 0 Å². The number of methoxy groups -OCH3 is 1. The number of halogens is 1. The van der Waals surface area contributed by atoms with Crippen LogP contribution in [-0.2, 0) is 16.1 Å². The molecule has 2 aromatic carbocycles. The van der Waals surface area contributed by atoms with Crippen LogP contribution in [0.5, 0.6) is 0 Å². The SMILES string of the molecule is COC(=O)c1ccc(NC(=O)C2CCCN(Cc3ccccc3Cl)C2)cc1. The Morgan fingerprint density at radius 1 is 1.19 bits per heavy atom. The maximum atomic E-state index is 12.7. The zero-order valence-corrected chi connectivity index (χ0v) is 16.0. The minimum Gasteiger partial charge on any atom is -0.465 e. The molecule has 1 fully saturated rings. The van der Waals surface area contributed by atoms with Crippen molar-refractivity contribution in [1.82, 2.24) is 4.90 Å². The van der Waals surface area contributed by atoms with Crippen LogP contribution >= 0.6 is 11.6 Å². The lowest BCUT2D eigenvalue weighted by atomic mass is 9.96. The first kappa shape index (κ1) is 19.4. The molecule has 0 aromatic heterocycles. The second kappa shape index (κ2) is 9.02. The molecule has 0 spiro atoms. The molecule has 0 aliphatic carbocycles. The predicted molar refractivity (Wildman–Crippen MR) is 106 cm³/mol. The molecule has 142 valence electrons. The van der Waals surface area contributed by atoms with E-state index in [2.05, 4.69) is 15.0 Å². The number of amides is 1. The monoisotopic (exact) mass is 386 g/mol. The van der Waals surface area contributed by atoms with Crippen molar-refractivity contribution in [2.24, 2.45) is 5.92 Å². The number of hydrogen-bond donors (Lipinski definition) is 1. The Labute approximate surface area is 164 Å². The Morgan fingerprint density at radius 3 is 2.63 bits per heavy atom. The third-order valence-corrected chi connectivity index (χ3v) is 5.17. The van der Waals surface area contributed by atoms with E-state index >= 15 is 0 Å². The third-order valence-electron chi connectivity index (χ3n) is 4.80. The van der Waals surface area contributed by atoms with Gasteiger partial charge in [-0.05, 0) is 55.3 Å². The van der Waals surface area contributed by atoms with E-state index in [1.165, 1.54) is 7.11 Å². The summed E-state index contributed by atoms with van der Waals surface area (Å²) in [5, 5.41) is 3.71. The molecule has 0 radical (unpaired) electrons. The number of rotatable bonds is 5. The molecule has 6 heteroatoms. The molecule has 1 aliphatic heterocycles. The lowest BCUT2D eigenvalue weighted by Crippen LogP contribution is -2.40. The van der Waals surface area contributed by atoms with Gasteiger partial charge in [0.2, 0.25) is 5.91 Å². The molecule has 1 amide bonds. The molecule has 0 bridgehead atoms. The summed E-state index contributed by atoms with van der Waals surface area (Å²) in [5.74, 6) is -0.457. The van der Waals surface area contributed by atoms with E-state index in [0.717, 1.165) is 36.5 Å². The van der Waals surface area contributed by atoms with E-state index < -0.39 is 5.97 Å². The standard InChI is InChI=1S/C21H23ClN2O3/c1-27-21(26)15-8-10-18(11-9-15)23-20(25)17-6-4-12-24(14-17)13-16-5-2-3-7-19(16)22/h2-3,5,7-11,17H,4,6,12-14H2,1H3,(H,23,25). The molecule has 2 aromatic rings. The van der Waals surface area contributed by atoms with Crippen LogP contribution in [0.4, 0.5) is 5.69 Å². The van der Waals surface area contributed by atoms with E-state index in [9.17, 15) is 9.59 Å². The minimum atomic E-state index is -0.393. The van der Waals surface area contributed by atoms with Crippen molar-refractivity contribution in [3.05, 3.63) is 64.7 Å². The van der Waals surface area contributed by atoms with E-state index in [-0.39, 0.29) is 11.8 Å². The number of benzene rings is 2. The summed E-state index contributed by atoms with van der Waals surface area (Å²) in [6.45, 7) is 2.41. The van der Waals surface area contributed by atoms with Crippen LogP contribution in [0.25, 0.3) is 0 Å². The number of carbonyl (C=O) groups is 2. The van der Waals surface area contributed by atoms with Crippen molar-refractivity contribution in [3.63, 3.8) is 0 Å². The summed E-state index contributed by atoms with van der Waals surface area (Å²) in [6, 6.07) is 14.5. The molecule has 1 unspecified atom stereocenters. The van der Waals surface area contributed by atoms with Crippen molar-refractivity contribution >= 4 is 29.2 Å². The maximum absolute atomic E-state index is 12.7. The van der Waals surface area contributed by atoms with Gasteiger partial charge in [0.25, 0.3) is 0 Å². The molecule has 1 saturated heterocycles. The van der Waals surface area contributed by atoms with Gasteiger partial charge in [0.1, 0.15) is 0 Å². The van der Waals surface area contributed by atoms with Gasteiger partial charge in [-0.1, -0.05) is 29.8 Å². The summed E-state index contributed by atoms with van der Waals surface area (Å²) >= 11 is 6.26. The van der Waals surface area contributed by atoms with E-state index in [1.807, 2.05) is 24.3 Å². The number of anilines is 1. The number of ether oxygens (including phenoxy) is 1. The van der Waals surface area contributed by atoms with Gasteiger partial charge >= 0.3 is 5.97 Å². The fourth-order valence-corrected chi connectivity index (χ4v) is 3.53. The van der Waals surface area contributed by atoms with Gasteiger partial charge in [-0.15, -0.1) is 0 Å². The molecule has 1 N–H and O–H groups in total. The fourth-order valence-electron chi connectivity index (χ4n) is 3.33. The third kappa shape index (κ3) is 5.08. The molecular formula is C21H23ClN2O3. The normalized spacial score (nSPS) is 17.3. The zero-order valence-electron chi connectivity index (χ0n) is 15.3. The second-order valence-electron chi connectivity index (χ2n) is 6.72. The molecular weight excluding hydrogens is 364 g/mol. The van der Waals surface area contributed by atoms with Crippen molar-refractivity contribution in [1.29, 1.82) is 0 Å². The topological polar surface area (TPSA) is 58.6 Å². The summed E-state index contributed by atoms with van der Waals surface area (Å²) in [5.41, 5.74) is 2.22. The first-order valence-electron chi connectivity index (χ1n) is 9.02. The molecule has 27 heavy (non-hydrogen) atoms. The lowest BCUT2D eigenvalue weighted by Gasteiger charge is -2.32. The maximum Gasteiger partial charge on any atom is 0.337 e. The van der Waals surface area contributed by atoms with Gasteiger partial charge in [-0.25, -0.2) is 4.79 Å². The van der Waals surface area contributed by atoms with Crippen molar-refractivity contribution in [2.75, 3.05) is 25.5 Å². The molecule has 1 heterocycles. The summed E-state index contributed by atoms with van der Waals surface area (Å²) < 4.78 is 4.68. The van der Waals surface area contributed by atoms with E-state index in [1.54, 1.807) is 24.3 Å². The molecule has 0 saturated carbocycles. The average Bonchev–Trinajstić information content (AvgIpc) is 2.70. The number of likely N-dealkylation sites (tertiary alicyclic amines) is 1. The van der Waals surface area contributed by atoms with Crippen LogP contribution < -0.4 is 5.32 Å². The quantitative estimate of drug-likeness (QED) is 0.790. The Hall–Kier alpha value is -2.37. The molecule has 1 aliphatic rings. The van der Waals surface area contributed by atoms with Crippen LogP contribution in [0.15, 0.2) is 48.5 Å². The lowest BCUT2D eigenvalue weighted by molar-refractivity contribution is -0.121. The van der Waals surface area contributed by atoms with Gasteiger partial charge in [-0.2, -0.15) is 0 Å². The highest BCUT2D eigenvalue weighted by Crippen LogP contribution is 2.23. The summed E-state index contributed by atoms with van der Waals surface area (Å²) in [6.07, 6.45) is 1.84. The van der Waals surface area contributed by atoms with Crippen LogP contribution in [0, 0.1) is 5.92 Å². The van der Waals surface area contributed by atoms with Crippen LogP contribution in [-0.4, -0.2) is 37.0 Å². The zero-order chi connectivity index (χ0) is 19.2. The van der Waals surface area contributed by atoms with Gasteiger partial charge in [0, 0.05) is 23.8 Å². The van der Waals surface area contributed by atoms with Crippen LogP contribution in [0.1, 0.15) is 28.8 Å². The summed E-state index contributed by atoms with van der Waals surface area (Å²) in [4.78, 5) is 26.4. The van der Waals surface area contributed by atoms with Gasteiger partial charge < -0.3 is 10.1 Å². The van der Waals surface area contributed by atoms with Gasteiger partial charge in [0.05, 0.1) is 18.6 Å². The Bertz CT molecular complexity index is 807. The van der Waals surface area contributed by atoms with E-state index in [4.69, 9.17) is 11.6 Å². The number of esters is 1. The first-order chi connectivity index (χ1) is 13.1. The Kier molecular flexibility index (Phi) is 6.48. The molecule has 5 nitrogen and oxygen atoms in total. The summed E-state index contributed by atoms with van der Waals surface area (Å²) in [7, 11) is 1.34. The van der Waals surface area contributed by atoms with Gasteiger partial charge in [-0.3, -0.25) is 9.69 Å². The van der Waals surface area contributed by atoms with Crippen molar-refractivity contribution in [3.8, 4) is 0 Å². The first-order valence-corrected chi connectivity index (χ1v) is 9.39. The highest BCUT2D eigenvalue weighted by atomic mass is 35.5. The fraction of sp³-hybridized carbons (Fsp3) is 0.333. The molecule has 3 rings (SSSR count).